The number of piperidine rings is 1. The number of nitrogens with zero attached hydrogens (tertiary/aromatic N) is 2. The number of hydrogen-bond acceptors (Lipinski definition) is 5. The van der Waals surface area contributed by atoms with Crippen LogP contribution in [0.25, 0.3) is 6.08 Å². The van der Waals surface area contributed by atoms with Gasteiger partial charge in [0.2, 0.25) is 0 Å². The van der Waals surface area contributed by atoms with Gasteiger partial charge in [-0.3, -0.25) is 4.79 Å². The standard InChI is InChI=1S/C24H30Cl2N4O2/c1-3-20(32-2)15-23-22(27)6-7-24(31)30(23)13-12-29-10-8-19(9-11-29)28-16-17-4-5-18(25)14-21(17)26/h3-7,14-15,19,28H,1,8-13,16,27H2,2H3/b20-15+. The molecule has 3 N–H and O–H groups in total. The third-order valence-electron chi connectivity index (χ3n) is 5.80. The number of nitrogen functional groups attached to an aromatic ring is 1. The van der Waals surface area contributed by atoms with E-state index in [0.29, 0.717) is 39.8 Å². The molecule has 1 aliphatic rings. The lowest BCUT2D eigenvalue weighted by Crippen LogP contribution is -2.43. The van der Waals surface area contributed by atoms with Crippen molar-refractivity contribution in [2.45, 2.75) is 32.0 Å². The summed E-state index contributed by atoms with van der Waals surface area (Å²) in [6.45, 7) is 7.71. The molecule has 32 heavy (non-hydrogen) atoms. The molecule has 0 radical (unpaired) electrons. The molecule has 6 nitrogen and oxygen atoms in total. The fourth-order valence-corrected chi connectivity index (χ4v) is 4.34. The van der Waals surface area contributed by atoms with E-state index in [1.165, 1.54) is 6.07 Å². The largest absolute Gasteiger partial charge is 0.497 e. The van der Waals surface area contributed by atoms with E-state index < -0.39 is 0 Å². The van der Waals surface area contributed by atoms with Crippen LogP contribution in [0.2, 0.25) is 10.0 Å². The lowest BCUT2D eigenvalue weighted by molar-refractivity contribution is 0.190. The maximum absolute atomic E-state index is 12.5. The summed E-state index contributed by atoms with van der Waals surface area (Å²) in [4.78, 5) is 14.9. The molecule has 0 aliphatic carbocycles. The Bertz CT molecular complexity index is 1030. The number of nitrogens with one attached hydrogen (secondary N) is 1. The van der Waals surface area contributed by atoms with E-state index >= 15 is 0 Å². The van der Waals surface area contributed by atoms with Crippen LogP contribution in [0.15, 0.2) is 53.5 Å². The quantitative estimate of drug-likeness (QED) is 0.419. The summed E-state index contributed by atoms with van der Waals surface area (Å²) in [5.41, 5.74) is 8.29. The molecule has 0 atom stereocenters. The van der Waals surface area contributed by atoms with Crippen LogP contribution in [0.3, 0.4) is 0 Å². The summed E-state index contributed by atoms with van der Waals surface area (Å²) < 4.78 is 6.97. The maximum atomic E-state index is 12.5. The number of methoxy groups -OCH3 is 1. The van der Waals surface area contributed by atoms with Gasteiger partial charge in [0.1, 0.15) is 5.76 Å². The summed E-state index contributed by atoms with van der Waals surface area (Å²) >= 11 is 12.2. The minimum Gasteiger partial charge on any atom is -0.497 e. The molecule has 8 heteroatoms. The molecule has 1 saturated heterocycles. The lowest BCUT2D eigenvalue weighted by atomic mass is 10.0. The number of nitrogens with two attached hydrogens (primary N) is 1. The zero-order valence-electron chi connectivity index (χ0n) is 18.3. The van der Waals surface area contributed by atoms with Crippen molar-refractivity contribution in [2.24, 2.45) is 0 Å². The van der Waals surface area contributed by atoms with Crippen LogP contribution in [-0.2, 0) is 17.8 Å². The summed E-state index contributed by atoms with van der Waals surface area (Å²) in [7, 11) is 1.56. The number of aromatic nitrogens is 1. The van der Waals surface area contributed by atoms with Crippen molar-refractivity contribution >= 4 is 35.0 Å². The van der Waals surface area contributed by atoms with Crippen molar-refractivity contribution in [1.82, 2.24) is 14.8 Å². The van der Waals surface area contributed by atoms with Gasteiger partial charge < -0.3 is 25.3 Å². The molecule has 0 saturated carbocycles. The van der Waals surface area contributed by atoms with Gasteiger partial charge in [-0.15, -0.1) is 0 Å². The van der Waals surface area contributed by atoms with Crippen LogP contribution in [0.1, 0.15) is 24.1 Å². The van der Waals surface area contributed by atoms with Crippen molar-refractivity contribution in [3.05, 3.63) is 80.4 Å². The van der Waals surface area contributed by atoms with E-state index in [4.69, 9.17) is 33.7 Å². The van der Waals surface area contributed by atoms with Crippen LogP contribution in [0.5, 0.6) is 0 Å². The molecule has 1 aromatic carbocycles. The lowest BCUT2D eigenvalue weighted by Gasteiger charge is -2.32. The number of rotatable bonds is 9. The predicted molar refractivity (Wildman–Crippen MR) is 133 cm³/mol. The SMILES string of the molecule is C=C/C(=C\c1c(N)ccc(=O)n1CCN1CCC(NCc2ccc(Cl)cc2Cl)CC1)OC. The van der Waals surface area contributed by atoms with Crippen LogP contribution in [-0.4, -0.2) is 42.3 Å². The summed E-state index contributed by atoms with van der Waals surface area (Å²) in [5.74, 6) is 0.559. The van der Waals surface area contributed by atoms with Gasteiger partial charge in [0.05, 0.1) is 18.5 Å². The molecule has 0 unspecified atom stereocenters. The van der Waals surface area contributed by atoms with E-state index in [2.05, 4.69) is 16.8 Å². The van der Waals surface area contributed by atoms with E-state index in [0.717, 1.165) is 44.6 Å². The molecular weight excluding hydrogens is 447 g/mol. The third-order valence-corrected chi connectivity index (χ3v) is 6.38. The first-order chi connectivity index (χ1) is 15.4. The molecule has 1 aromatic heterocycles. The number of allylic oxidation sites excluding steroid dienone is 1. The molecule has 1 aliphatic heterocycles. The highest BCUT2D eigenvalue weighted by Gasteiger charge is 2.19. The fourth-order valence-electron chi connectivity index (χ4n) is 3.86. The monoisotopic (exact) mass is 476 g/mol. The minimum absolute atomic E-state index is 0.0821. The second-order valence-corrected chi connectivity index (χ2v) is 8.69. The summed E-state index contributed by atoms with van der Waals surface area (Å²) in [6, 6.07) is 9.16. The second kappa shape index (κ2) is 11.6. The minimum atomic E-state index is -0.0821. The van der Waals surface area contributed by atoms with Crippen LogP contribution in [0.4, 0.5) is 5.69 Å². The molecule has 1 fully saturated rings. The van der Waals surface area contributed by atoms with Gasteiger partial charge in [0, 0.05) is 47.9 Å². The average Bonchev–Trinajstić information content (AvgIpc) is 2.79. The maximum Gasteiger partial charge on any atom is 0.251 e. The first-order valence-corrected chi connectivity index (χ1v) is 11.4. The zero-order chi connectivity index (χ0) is 23.1. The summed E-state index contributed by atoms with van der Waals surface area (Å²) in [6.07, 6.45) is 5.42. The molecule has 2 heterocycles. The van der Waals surface area contributed by atoms with Crippen LogP contribution < -0.4 is 16.6 Å². The number of benzene rings is 1. The van der Waals surface area contributed by atoms with Crippen molar-refractivity contribution in [3.8, 4) is 0 Å². The number of likely N-dealkylation sites (tertiary alicyclic amines) is 1. The zero-order valence-corrected chi connectivity index (χ0v) is 19.8. The predicted octanol–water partition coefficient (Wildman–Crippen LogP) is 4.16. The molecule has 0 spiro atoms. The van der Waals surface area contributed by atoms with Crippen molar-refractivity contribution < 1.29 is 4.74 Å². The van der Waals surface area contributed by atoms with Gasteiger partial charge in [-0.1, -0.05) is 35.8 Å². The van der Waals surface area contributed by atoms with Gasteiger partial charge in [0.25, 0.3) is 5.56 Å². The Kier molecular flexibility index (Phi) is 8.82. The molecular formula is C24H30Cl2N4O2. The number of halogens is 2. The summed E-state index contributed by atoms with van der Waals surface area (Å²) in [5, 5.41) is 4.93. The molecule has 0 bridgehead atoms. The Hall–Kier alpha value is -2.25. The first kappa shape index (κ1) is 24.4. The van der Waals surface area contributed by atoms with Crippen molar-refractivity contribution in [3.63, 3.8) is 0 Å². The Morgan fingerprint density at radius 3 is 2.66 bits per heavy atom. The van der Waals surface area contributed by atoms with Gasteiger partial charge >= 0.3 is 0 Å². The highest BCUT2D eigenvalue weighted by Crippen LogP contribution is 2.21. The topological polar surface area (TPSA) is 72.5 Å². The fraction of sp³-hybridized carbons (Fsp3) is 0.375. The molecule has 0 amide bonds. The number of hydrogen-bond donors (Lipinski definition) is 2. The van der Waals surface area contributed by atoms with Crippen LogP contribution in [0, 0.1) is 0 Å². The van der Waals surface area contributed by atoms with E-state index in [9.17, 15) is 4.79 Å². The smallest absolute Gasteiger partial charge is 0.251 e. The number of ether oxygens (including phenoxy) is 1. The van der Waals surface area contributed by atoms with E-state index in [1.54, 1.807) is 36.0 Å². The van der Waals surface area contributed by atoms with Crippen molar-refractivity contribution in [2.75, 3.05) is 32.5 Å². The third kappa shape index (κ3) is 6.39. The van der Waals surface area contributed by atoms with Gasteiger partial charge in [-0.25, -0.2) is 0 Å². The van der Waals surface area contributed by atoms with E-state index in [-0.39, 0.29) is 5.56 Å². The van der Waals surface area contributed by atoms with Gasteiger partial charge in [0.15, 0.2) is 0 Å². The van der Waals surface area contributed by atoms with Crippen molar-refractivity contribution in [1.29, 1.82) is 0 Å². The molecule has 2 aromatic rings. The first-order valence-electron chi connectivity index (χ1n) is 10.7. The number of pyridine rings is 1. The Labute approximate surface area is 199 Å². The Morgan fingerprint density at radius 2 is 2.00 bits per heavy atom. The number of anilines is 1. The highest BCUT2D eigenvalue weighted by atomic mass is 35.5. The molecule has 172 valence electrons. The second-order valence-electron chi connectivity index (χ2n) is 7.85. The average molecular weight is 477 g/mol. The normalized spacial score (nSPS) is 15.7. The molecule has 3 rings (SSSR count). The van der Waals surface area contributed by atoms with Gasteiger partial charge in [-0.2, -0.15) is 0 Å². The van der Waals surface area contributed by atoms with Crippen LogP contribution >= 0.6 is 23.2 Å². The van der Waals surface area contributed by atoms with Gasteiger partial charge in [-0.05, 0) is 55.8 Å². The van der Waals surface area contributed by atoms with E-state index in [1.807, 2.05) is 12.1 Å². The Morgan fingerprint density at radius 1 is 1.25 bits per heavy atom. The Balaban J connectivity index is 1.55. The highest BCUT2D eigenvalue weighted by molar-refractivity contribution is 6.35.